The fourth-order valence-electron chi connectivity index (χ4n) is 6.97. The van der Waals surface area contributed by atoms with Gasteiger partial charge in [0, 0.05) is 27.5 Å². The summed E-state index contributed by atoms with van der Waals surface area (Å²) in [6.07, 6.45) is 2.05. The van der Waals surface area contributed by atoms with Gasteiger partial charge in [-0.2, -0.15) is 0 Å². The number of thiophene rings is 1. The first-order valence-corrected chi connectivity index (χ1v) is 14.9. The molecule has 1 amide bonds. The molecule has 1 spiro atoms. The molecule has 0 saturated carbocycles. The van der Waals surface area contributed by atoms with Crippen molar-refractivity contribution in [2.45, 2.75) is 31.3 Å². The number of aryl methyl sites for hydroxylation is 1. The second-order valence-electron chi connectivity index (χ2n) is 10.8. The topological polar surface area (TPSA) is 66.5 Å². The number of carbonyl (C=O) groups excluding carboxylic acids is 3. The lowest BCUT2D eigenvalue weighted by Gasteiger charge is -2.39. The Morgan fingerprint density at radius 2 is 1.76 bits per heavy atom. The quantitative estimate of drug-likeness (QED) is 0.245. The van der Waals surface area contributed by atoms with Crippen molar-refractivity contribution in [3.63, 3.8) is 0 Å². The number of nitrogens with zero attached hydrogens (tertiary/aromatic N) is 1. The molecule has 7 rings (SSSR count). The molecule has 1 fully saturated rings. The fraction of sp³-hybridized carbons (Fsp3) is 0.182. The van der Waals surface area contributed by atoms with Gasteiger partial charge in [0.2, 0.25) is 5.91 Å². The largest absolute Gasteiger partial charge is 0.352 e. The zero-order valence-corrected chi connectivity index (χ0v) is 24.5. The summed E-state index contributed by atoms with van der Waals surface area (Å²) < 4.78 is 0. The van der Waals surface area contributed by atoms with E-state index in [0.717, 1.165) is 22.4 Å². The summed E-state index contributed by atoms with van der Waals surface area (Å²) in [5.74, 6) is -1.97. The number of fused-ring (bicyclic) bond motifs is 6. The number of benzene rings is 3. The maximum atomic E-state index is 14.9. The number of hydrogen-bond donors (Lipinski definition) is 1. The number of allylic oxidation sites excluding steroid dienone is 1. The van der Waals surface area contributed by atoms with Gasteiger partial charge in [-0.3, -0.25) is 14.4 Å². The molecule has 4 aromatic rings. The van der Waals surface area contributed by atoms with Gasteiger partial charge in [-0.05, 0) is 72.8 Å². The van der Waals surface area contributed by atoms with Crippen LogP contribution in [-0.4, -0.2) is 29.6 Å². The molecule has 0 bridgehead atoms. The molecule has 0 aliphatic carbocycles. The Kier molecular flexibility index (Phi) is 6.02. The number of anilines is 2. The van der Waals surface area contributed by atoms with Gasteiger partial charge < -0.3 is 10.2 Å². The molecule has 1 N–H and O–H groups in total. The number of ketones is 2. The molecule has 3 aliphatic rings. The summed E-state index contributed by atoms with van der Waals surface area (Å²) in [6.45, 7) is 4.04. The number of carbonyl (C=O) groups is 3. The third-order valence-electron chi connectivity index (χ3n) is 8.64. The van der Waals surface area contributed by atoms with Crippen molar-refractivity contribution in [1.82, 2.24) is 0 Å². The van der Waals surface area contributed by atoms with E-state index in [1.54, 1.807) is 18.2 Å². The summed E-state index contributed by atoms with van der Waals surface area (Å²) in [6, 6.07) is 20.3. The minimum Gasteiger partial charge on any atom is -0.352 e. The van der Waals surface area contributed by atoms with E-state index in [2.05, 4.69) is 17.5 Å². The highest BCUT2D eigenvalue weighted by molar-refractivity contribution is 7.12. The van der Waals surface area contributed by atoms with Crippen molar-refractivity contribution in [1.29, 1.82) is 0 Å². The number of para-hydroxylation sites is 1. The fourth-order valence-corrected chi connectivity index (χ4v) is 8.17. The molecule has 3 aliphatic heterocycles. The summed E-state index contributed by atoms with van der Waals surface area (Å²) in [5, 5.41) is 5.47. The third kappa shape index (κ3) is 3.64. The molecular formula is C33H24Cl2N2O3S. The Labute approximate surface area is 251 Å². The van der Waals surface area contributed by atoms with Crippen molar-refractivity contribution < 1.29 is 14.4 Å². The van der Waals surface area contributed by atoms with Gasteiger partial charge in [-0.15, -0.1) is 11.3 Å². The molecule has 5 nitrogen and oxygen atoms in total. The highest BCUT2D eigenvalue weighted by atomic mass is 35.5. The zero-order chi connectivity index (χ0) is 28.6. The van der Waals surface area contributed by atoms with E-state index in [1.807, 2.05) is 66.6 Å². The smallest absolute Gasteiger partial charge is 0.238 e. The van der Waals surface area contributed by atoms with E-state index >= 15 is 0 Å². The molecule has 0 unspecified atom stereocenters. The second kappa shape index (κ2) is 9.41. The molecule has 1 aromatic heterocycles. The minimum absolute atomic E-state index is 0.180. The second-order valence-corrected chi connectivity index (χ2v) is 12.6. The standard InChI is InChI=1S/C33H24Cl2N2O3S/c1-17-9-12-25-21(14-17)18(2)15-27-33(22-6-3-4-7-24(22)36-32(33)40)28(30(38)20-11-10-19(34)16-23(20)35)29(37(25)27)31(39)26-8-5-13-41-26/h3-16,27-29H,1-2H3,(H,36,40)/t27-,28+,29+,33-/m1/s1. The van der Waals surface area contributed by atoms with Crippen molar-refractivity contribution in [3.05, 3.63) is 121 Å². The van der Waals surface area contributed by atoms with E-state index < -0.39 is 23.4 Å². The predicted octanol–water partition coefficient (Wildman–Crippen LogP) is 7.61. The Hall–Kier alpha value is -3.71. The molecule has 4 atom stereocenters. The molecule has 8 heteroatoms. The van der Waals surface area contributed by atoms with Gasteiger partial charge in [0.05, 0.1) is 21.9 Å². The van der Waals surface area contributed by atoms with Crippen LogP contribution in [0.5, 0.6) is 0 Å². The highest BCUT2D eigenvalue weighted by Gasteiger charge is 2.70. The highest BCUT2D eigenvalue weighted by Crippen LogP contribution is 2.59. The van der Waals surface area contributed by atoms with Crippen LogP contribution >= 0.6 is 34.5 Å². The van der Waals surface area contributed by atoms with Crippen LogP contribution < -0.4 is 10.2 Å². The average molecular weight is 600 g/mol. The predicted molar refractivity (Wildman–Crippen MR) is 165 cm³/mol. The van der Waals surface area contributed by atoms with Crippen molar-refractivity contribution in [2.75, 3.05) is 10.2 Å². The molecule has 1 saturated heterocycles. The first-order chi connectivity index (χ1) is 19.7. The minimum atomic E-state index is -1.39. The maximum absolute atomic E-state index is 14.9. The van der Waals surface area contributed by atoms with Crippen LogP contribution in [0.2, 0.25) is 10.0 Å². The number of nitrogens with one attached hydrogen (secondary N) is 1. The van der Waals surface area contributed by atoms with Crippen molar-refractivity contribution >= 4 is 69.0 Å². The van der Waals surface area contributed by atoms with Gasteiger partial charge in [-0.25, -0.2) is 0 Å². The SMILES string of the molecule is CC1=C[C@H]2N(c3ccc(C)cc31)[C@H](C(=O)c1cccs1)[C@@H](C(=O)c1ccc(Cl)cc1Cl)[C@]21C(=O)Nc2ccccc21. The van der Waals surface area contributed by atoms with Gasteiger partial charge >= 0.3 is 0 Å². The van der Waals surface area contributed by atoms with E-state index in [0.29, 0.717) is 21.2 Å². The Bertz CT molecular complexity index is 1810. The summed E-state index contributed by atoms with van der Waals surface area (Å²) in [7, 11) is 0. The van der Waals surface area contributed by atoms with Crippen LogP contribution in [0.1, 0.15) is 43.6 Å². The lowest BCUT2D eigenvalue weighted by Crippen LogP contribution is -2.51. The van der Waals surface area contributed by atoms with E-state index in [4.69, 9.17) is 23.2 Å². The number of halogens is 2. The molecule has 0 radical (unpaired) electrons. The van der Waals surface area contributed by atoms with Crippen LogP contribution in [-0.2, 0) is 10.2 Å². The van der Waals surface area contributed by atoms with Crippen LogP contribution in [0.3, 0.4) is 0 Å². The van der Waals surface area contributed by atoms with E-state index in [1.165, 1.54) is 17.4 Å². The summed E-state index contributed by atoms with van der Waals surface area (Å²) in [4.78, 5) is 46.4. The van der Waals surface area contributed by atoms with Gasteiger partial charge in [0.1, 0.15) is 11.5 Å². The number of Topliss-reactive ketones (excluding diaryl/α,β-unsaturated/α-hetero) is 2. The third-order valence-corrected chi connectivity index (χ3v) is 10.1. The number of rotatable bonds is 4. The van der Waals surface area contributed by atoms with E-state index in [-0.39, 0.29) is 28.1 Å². The lowest BCUT2D eigenvalue weighted by molar-refractivity contribution is -0.121. The molecule has 41 heavy (non-hydrogen) atoms. The van der Waals surface area contributed by atoms with Crippen LogP contribution in [0.15, 0.2) is 84.3 Å². The Morgan fingerprint density at radius 1 is 0.951 bits per heavy atom. The van der Waals surface area contributed by atoms with Crippen LogP contribution in [0.25, 0.3) is 5.57 Å². The molecular weight excluding hydrogens is 575 g/mol. The first-order valence-electron chi connectivity index (χ1n) is 13.3. The van der Waals surface area contributed by atoms with Crippen molar-refractivity contribution in [3.8, 4) is 0 Å². The average Bonchev–Trinajstić information content (AvgIpc) is 3.65. The normalized spacial score (nSPS) is 24.0. The monoisotopic (exact) mass is 598 g/mol. The van der Waals surface area contributed by atoms with Crippen LogP contribution in [0.4, 0.5) is 11.4 Å². The Morgan fingerprint density at radius 3 is 2.51 bits per heavy atom. The van der Waals surface area contributed by atoms with Gasteiger partial charge in [0.25, 0.3) is 0 Å². The lowest BCUT2D eigenvalue weighted by atomic mass is 9.64. The summed E-state index contributed by atoms with van der Waals surface area (Å²) >= 11 is 14.1. The molecule has 204 valence electrons. The maximum Gasteiger partial charge on any atom is 0.238 e. The molecule has 4 heterocycles. The number of amides is 1. The van der Waals surface area contributed by atoms with E-state index in [9.17, 15) is 14.4 Å². The number of hydrogen-bond acceptors (Lipinski definition) is 5. The van der Waals surface area contributed by atoms with Crippen molar-refractivity contribution in [2.24, 2.45) is 5.92 Å². The van der Waals surface area contributed by atoms with Gasteiger partial charge in [0.15, 0.2) is 11.6 Å². The first kappa shape index (κ1) is 26.2. The zero-order valence-electron chi connectivity index (χ0n) is 22.2. The summed E-state index contributed by atoms with van der Waals surface area (Å²) in [5.41, 5.74) is 4.04. The van der Waals surface area contributed by atoms with Gasteiger partial charge in [-0.1, -0.05) is 65.2 Å². The Balaban J connectivity index is 1.57. The van der Waals surface area contributed by atoms with Crippen LogP contribution in [0, 0.1) is 12.8 Å². The molecule has 3 aromatic carbocycles.